The number of thioether (sulfide) groups is 1. The highest BCUT2D eigenvalue weighted by Crippen LogP contribution is 2.04. The molecular formula is C14H17NO2S. The van der Waals surface area contributed by atoms with Crippen molar-refractivity contribution in [2.45, 2.75) is 12.5 Å². The zero-order chi connectivity index (χ0) is 13.2. The Morgan fingerprint density at radius 1 is 1.44 bits per heavy atom. The topological polar surface area (TPSA) is 49.7 Å². The van der Waals surface area contributed by atoms with Gasteiger partial charge in [-0.1, -0.05) is 36.4 Å². The molecule has 0 amide bonds. The fourth-order valence-corrected chi connectivity index (χ4v) is 1.82. The molecule has 0 saturated carbocycles. The average molecular weight is 263 g/mol. The normalized spacial score (nSPS) is 13.2. The van der Waals surface area contributed by atoms with Gasteiger partial charge in [0, 0.05) is 6.21 Å². The van der Waals surface area contributed by atoms with Crippen molar-refractivity contribution in [3.05, 3.63) is 42.0 Å². The second-order valence-electron chi connectivity index (χ2n) is 3.70. The van der Waals surface area contributed by atoms with Gasteiger partial charge in [-0.2, -0.15) is 11.8 Å². The zero-order valence-electron chi connectivity index (χ0n) is 10.3. The first-order valence-corrected chi connectivity index (χ1v) is 7.10. The summed E-state index contributed by atoms with van der Waals surface area (Å²) in [5.41, 5.74) is 1.07. The molecule has 0 bridgehead atoms. The first kappa shape index (κ1) is 14.5. The summed E-state index contributed by atoms with van der Waals surface area (Å²) in [5.74, 6) is -0.0649. The number of aliphatic imine (C=N–C) groups is 1. The van der Waals surface area contributed by atoms with Gasteiger partial charge < -0.3 is 5.11 Å². The SMILES string of the molecule is CSCCC(N=C/C=C/c1ccccc1)C(=O)O. The summed E-state index contributed by atoms with van der Waals surface area (Å²) in [4.78, 5) is 15.0. The second-order valence-corrected chi connectivity index (χ2v) is 4.69. The quantitative estimate of drug-likeness (QED) is 0.769. The van der Waals surface area contributed by atoms with Crippen molar-refractivity contribution in [1.29, 1.82) is 0 Å². The summed E-state index contributed by atoms with van der Waals surface area (Å²) in [6.07, 6.45) is 7.75. The summed E-state index contributed by atoms with van der Waals surface area (Å²) < 4.78 is 0. The van der Waals surface area contributed by atoms with Gasteiger partial charge in [-0.15, -0.1) is 0 Å². The van der Waals surface area contributed by atoms with E-state index < -0.39 is 12.0 Å². The highest BCUT2D eigenvalue weighted by molar-refractivity contribution is 7.98. The third-order valence-corrected chi connectivity index (χ3v) is 2.96. The molecule has 0 fully saturated rings. The van der Waals surface area contributed by atoms with Gasteiger partial charge in [0.15, 0.2) is 0 Å². The van der Waals surface area contributed by atoms with Gasteiger partial charge in [0.2, 0.25) is 0 Å². The second kappa shape index (κ2) is 8.53. The molecule has 0 aromatic heterocycles. The van der Waals surface area contributed by atoms with Crippen molar-refractivity contribution in [3.63, 3.8) is 0 Å². The number of benzene rings is 1. The summed E-state index contributed by atoms with van der Waals surface area (Å²) in [6, 6.07) is 9.18. The van der Waals surface area contributed by atoms with Crippen LogP contribution in [0.3, 0.4) is 0 Å². The Hall–Kier alpha value is -1.55. The lowest BCUT2D eigenvalue weighted by Gasteiger charge is -2.04. The van der Waals surface area contributed by atoms with E-state index in [1.807, 2.05) is 42.7 Å². The van der Waals surface area contributed by atoms with Crippen LogP contribution >= 0.6 is 11.8 Å². The van der Waals surface area contributed by atoms with Gasteiger partial charge in [-0.05, 0) is 30.1 Å². The lowest BCUT2D eigenvalue weighted by molar-refractivity contribution is -0.138. The molecule has 3 nitrogen and oxygen atoms in total. The lowest BCUT2D eigenvalue weighted by atomic mass is 10.2. The van der Waals surface area contributed by atoms with Crippen molar-refractivity contribution in [3.8, 4) is 0 Å². The van der Waals surface area contributed by atoms with E-state index in [1.54, 1.807) is 24.1 Å². The molecule has 0 radical (unpaired) electrons. The highest BCUT2D eigenvalue weighted by Gasteiger charge is 2.13. The number of aliphatic carboxylic acids is 1. The Kier molecular flexibility index (Phi) is 6.87. The maximum atomic E-state index is 10.9. The molecule has 18 heavy (non-hydrogen) atoms. The standard InChI is InChI=1S/C14H17NO2S/c1-18-11-9-13(14(16)17)15-10-5-8-12-6-3-2-4-7-12/h2-8,10,13H,9,11H2,1H3,(H,16,17)/b8-5+,15-10?. The van der Waals surface area contributed by atoms with Gasteiger partial charge in [-0.3, -0.25) is 4.99 Å². The van der Waals surface area contributed by atoms with Crippen LogP contribution < -0.4 is 0 Å². The molecule has 0 heterocycles. The molecule has 1 unspecified atom stereocenters. The first-order chi connectivity index (χ1) is 8.74. The maximum absolute atomic E-state index is 10.9. The van der Waals surface area contributed by atoms with Crippen LogP contribution in [-0.2, 0) is 4.79 Å². The Balaban J connectivity index is 2.51. The van der Waals surface area contributed by atoms with Crippen LogP contribution in [0.2, 0.25) is 0 Å². The fourth-order valence-electron chi connectivity index (χ4n) is 1.36. The van der Waals surface area contributed by atoms with Crippen LogP contribution in [0, 0.1) is 0 Å². The predicted octanol–water partition coefficient (Wildman–Crippen LogP) is 2.98. The molecule has 4 heteroatoms. The Morgan fingerprint density at radius 3 is 2.78 bits per heavy atom. The van der Waals surface area contributed by atoms with Gasteiger partial charge in [-0.25, -0.2) is 4.79 Å². The number of allylic oxidation sites excluding steroid dienone is 1. The average Bonchev–Trinajstić information content (AvgIpc) is 2.38. The molecular weight excluding hydrogens is 246 g/mol. The number of hydrogen-bond acceptors (Lipinski definition) is 3. The number of nitrogens with zero attached hydrogens (tertiary/aromatic N) is 1. The molecule has 1 rings (SSSR count). The molecule has 1 aromatic carbocycles. The molecule has 1 N–H and O–H groups in total. The van der Waals surface area contributed by atoms with E-state index in [4.69, 9.17) is 5.11 Å². The van der Waals surface area contributed by atoms with Gasteiger partial charge >= 0.3 is 5.97 Å². The summed E-state index contributed by atoms with van der Waals surface area (Å²) in [6.45, 7) is 0. The number of hydrogen-bond donors (Lipinski definition) is 1. The Bertz CT molecular complexity index is 415. The third kappa shape index (κ3) is 5.68. The first-order valence-electron chi connectivity index (χ1n) is 5.70. The van der Waals surface area contributed by atoms with Crippen molar-refractivity contribution in [1.82, 2.24) is 0 Å². The molecule has 0 aliphatic heterocycles. The molecule has 0 spiro atoms. The van der Waals surface area contributed by atoms with Crippen LogP contribution in [0.4, 0.5) is 0 Å². The molecule has 0 aliphatic carbocycles. The summed E-state index contributed by atoms with van der Waals surface area (Å²) >= 11 is 1.63. The van der Waals surface area contributed by atoms with Crippen LogP contribution in [0.25, 0.3) is 6.08 Å². The van der Waals surface area contributed by atoms with Crippen LogP contribution in [0.15, 0.2) is 41.4 Å². The minimum atomic E-state index is -0.867. The van der Waals surface area contributed by atoms with E-state index in [0.717, 1.165) is 11.3 Å². The molecule has 1 aromatic rings. The minimum absolute atomic E-state index is 0.562. The monoisotopic (exact) mass is 263 g/mol. The van der Waals surface area contributed by atoms with Gasteiger partial charge in [0.05, 0.1) is 0 Å². The van der Waals surface area contributed by atoms with E-state index in [1.165, 1.54) is 0 Å². The molecule has 0 aliphatic rings. The third-order valence-electron chi connectivity index (χ3n) is 2.32. The van der Waals surface area contributed by atoms with Crippen molar-refractivity contribution in [2.75, 3.05) is 12.0 Å². The van der Waals surface area contributed by atoms with E-state index in [9.17, 15) is 4.79 Å². The highest BCUT2D eigenvalue weighted by atomic mass is 32.2. The van der Waals surface area contributed by atoms with Crippen LogP contribution in [0.5, 0.6) is 0 Å². The number of carbonyl (C=O) groups is 1. The van der Waals surface area contributed by atoms with Gasteiger partial charge in [0.1, 0.15) is 6.04 Å². The summed E-state index contributed by atoms with van der Waals surface area (Å²) in [5, 5.41) is 8.97. The number of rotatable bonds is 7. The molecule has 1 atom stereocenters. The van der Waals surface area contributed by atoms with E-state index in [2.05, 4.69) is 4.99 Å². The lowest BCUT2D eigenvalue weighted by Crippen LogP contribution is -2.18. The van der Waals surface area contributed by atoms with Gasteiger partial charge in [0.25, 0.3) is 0 Å². The Morgan fingerprint density at radius 2 is 2.17 bits per heavy atom. The number of carboxylic acid groups (broad SMARTS) is 1. The molecule has 96 valence electrons. The number of carboxylic acids is 1. The largest absolute Gasteiger partial charge is 0.480 e. The zero-order valence-corrected chi connectivity index (χ0v) is 11.1. The maximum Gasteiger partial charge on any atom is 0.328 e. The Labute approximate surface area is 112 Å². The van der Waals surface area contributed by atoms with Crippen molar-refractivity contribution in [2.24, 2.45) is 4.99 Å². The summed E-state index contributed by atoms with van der Waals surface area (Å²) in [7, 11) is 0. The van der Waals surface area contributed by atoms with Crippen molar-refractivity contribution < 1.29 is 9.90 Å². The van der Waals surface area contributed by atoms with E-state index in [0.29, 0.717) is 6.42 Å². The van der Waals surface area contributed by atoms with E-state index in [-0.39, 0.29) is 0 Å². The smallest absolute Gasteiger partial charge is 0.328 e. The molecule has 0 saturated heterocycles. The van der Waals surface area contributed by atoms with E-state index >= 15 is 0 Å². The van der Waals surface area contributed by atoms with Crippen LogP contribution in [0.1, 0.15) is 12.0 Å². The fraction of sp³-hybridized carbons (Fsp3) is 0.286. The van der Waals surface area contributed by atoms with Crippen molar-refractivity contribution >= 4 is 30.0 Å². The van der Waals surface area contributed by atoms with Crippen LogP contribution in [-0.4, -0.2) is 35.3 Å². The minimum Gasteiger partial charge on any atom is -0.480 e. The predicted molar refractivity (Wildman–Crippen MR) is 78.4 cm³/mol.